The molecule has 2 rings (SSSR count). The lowest BCUT2D eigenvalue weighted by Gasteiger charge is -2.10. The van der Waals surface area contributed by atoms with Crippen LogP contribution in [0.1, 0.15) is 13.3 Å². The summed E-state index contributed by atoms with van der Waals surface area (Å²) in [6.07, 6.45) is 4.33. The Morgan fingerprint density at radius 2 is 1.90 bits per heavy atom. The Labute approximate surface area is 136 Å². The summed E-state index contributed by atoms with van der Waals surface area (Å²) in [5.74, 6) is 1.32. The van der Waals surface area contributed by atoms with Crippen molar-refractivity contribution in [3.8, 4) is 0 Å². The molecule has 2 aromatic rings. The molecule has 1 aromatic heterocycles. The Morgan fingerprint density at radius 3 is 2.65 bits per heavy atom. The van der Waals surface area contributed by atoms with Crippen LogP contribution < -0.4 is 10.6 Å². The van der Waals surface area contributed by atoms with E-state index in [0.29, 0.717) is 21.6 Å². The number of anilines is 3. The maximum Gasteiger partial charge on any atom is 0.151 e. The predicted molar refractivity (Wildman–Crippen MR) is 88.3 cm³/mol. The highest BCUT2D eigenvalue weighted by molar-refractivity contribution is 9.10. The second-order valence-electron chi connectivity index (χ2n) is 4.06. The number of halogens is 3. The first-order valence-corrected chi connectivity index (χ1v) is 7.63. The van der Waals surface area contributed by atoms with E-state index in [1.54, 1.807) is 12.4 Å². The molecule has 0 aliphatic rings. The molecule has 0 amide bonds. The van der Waals surface area contributed by atoms with Gasteiger partial charge in [0.25, 0.3) is 0 Å². The van der Waals surface area contributed by atoms with Crippen LogP contribution in [-0.2, 0) is 0 Å². The molecule has 7 heteroatoms. The third kappa shape index (κ3) is 3.75. The van der Waals surface area contributed by atoms with E-state index in [4.69, 9.17) is 23.2 Å². The molecule has 0 bridgehead atoms. The summed E-state index contributed by atoms with van der Waals surface area (Å²) in [6, 6.07) is 3.65. The Hall–Kier alpha value is -1.04. The van der Waals surface area contributed by atoms with Gasteiger partial charge in [-0.15, -0.1) is 0 Å². The van der Waals surface area contributed by atoms with Crippen molar-refractivity contribution in [2.75, 3.05) is 17.2 Å². The van der Waals surface area contributed by atoms with Crippen molar-refractivity contribution in [1.29, 1.82) is 0 Å². The fraction of sp³-hybridized carbons (Fsp3) is 0.231. The number of hydrogen-bond acceptors (Lipinski definition) is 4. The number of rotatable bonds is 5. The number of hydrogen-bond donors (Lipinski definition) is 2. The van der Waals surface area contributed by atoms with Gasteiger partial charge in [-0.25, -0.2) is 4.98 Å². The molecule has 0 fully saturated rings. The molecule has 1 heterocycles. The van der Waals surface area contributed by atoms with Crippen LogP contribution in [0.25, 0.3) is 0 Å². The second-order valence-corrected chi connectivity index (χ2v) is 5.67. The van der Waals surface area contributed by atoms with Crippen LogP contribution in [0.2, 0.25) is 10.0 Å². The Morgan fingerprint density at radius 1 is 1.15 bits per heavy atom. The molecule has 106 valence electrons. The minimum Gasteiger partial charge on any atom is -0.369 e. The zero-order valence-electron chi connectivity index (χ0n) is 10.8. The summed E-state index contributed by atoms with van der Waals surface area (Å²) < 4.78 is 0.749. The van der Waals surface area contributed by atoms with Gasteiger partial charge >= 0.3 is 0 Å². The van der Waals surface area contributed by atoms with Crippen LogP contribution in [0.5, 0.6) is 0 Å². The molecule has 0 atom stereocenters. The number of nitrogens with one attached hydrogen (secondary N) is 2. The monoisotopic (exact) mass is 374 g/mol. The fourth-order valence-electron chi connectivity index (χ4n) is 1.52. The van der Waals surface area contributed by atoms with Crippen molar-refractivity contribution >= 4 is 56.5 Å². The van der Waals surface area contributed by atoms with Crippen LogP contribution in [0.3, 0.4) is 0 Å². The molecule has 2 N–H and O–H groups in total. The highest BCUT2D eigenvalue weighted by Gasteiger charge is 2.09. The van der Waals surface area contributed by atoms with Gasteiger partial charge in [-0.2, -0.15) is 0 Å². The van der Waals surface area contributed by atoms with Crippen LogP contribution in [0.15, 0.2) is 29.0 Å². The van der Waals surface area contributed by atoms with Gasteiger partial charge < -0.3 is 10.6 Å². The van der Waals surface area contributed by atoms with Gasteiger partial charge in [0.05, 0.1) is 28.1 Å². The van der Waals surface area contributed by atoms with Gasteiger partial charge in [-0.1, -0.05) is 30.1 Å². The fourth-order valence-corrected chi connectivity index (χ4v) is 2.35. The normalized spacial score (nSPS) is 10.4. The minimum absolute atomic E-state index is 0.440. The maximum atomic E-state index is 6.18. The van der Waals surface area contributed by atoms with E-state index in [2.05, 4.69) is 43.5 Å². The lowest BCUT2D eigenvalue weighted by Crippen LogP contribution is -2.04. The first kappa shape index (κ1) is 15.4. The van der Waals surface area contributed by atoms with E-state index in [1.165, 1.54) is 0 Å². The van der Waals surface area contributed by atoms with Crippen molar-refractivity contribution < 1.29 is 0 Å². The van der Waals surface area contributed by atoms with Crippen molar-refractivity contribution in [3.63, 3.8) is 0 Å². The number of nitrogens with zero attached hydrogens (tertiary/aromatic N) is 2. The van der Waals surface area contributed by atoms with Gasteiger partial charge in [0.1, 0.15) is 5.82 Å². The lowest BCUT2D eigenvalue weighted by molar-refractivity contribution is 0.965. The van der Waals surface area contributed by atoms with E-state index in [9.17, 15) is 0 Å². The van der Waals surface area contributed by atoms with Crippen LogP contribution in [0, 0.1) is 0 Å². The zero-order chi connectivity index (χ0) is 14.5. The highest BCUT2D eigenvalue weighted by atomic mass is 79.9. The summed E-state index contributed by atoms with van der Waals surface area (Å²) in [5, 5.41) is 7.18. The topological polar surface area (TPSA) is 49.8 Å². The average Bonchev–Trinajstić information content (AvgIpc) is 2.46. The van der Waals surface area contributed by atoms with Crippen LogP contribution in [0.4, 0.5) is 17.3 Å². The van der Waals surface area contributed by atoms with Gasteiger partial charge in [-0.05, 0) is 34.5 Å². The molecule has 0 aliphatic heterocycles. The molecule has 1 aromatic carbocycles. The number of aromatic nitrogens is 2. The maximum absolute atomic E-state index is 6.18. The molecule has 0 saturated carbocycles. The van der Waals surface area contributed by atoms with Crippen LogP contribution >= 0.6 is 39.1 Å². The minimum atomic E-state index is 0.440. The third-order valence-electron chi connectivity index (χ3n) is 2.49. The molecular formula is C13H13BrCl2N4. The largest absolute Gasteiger partial charge is 0.369 e. The van der Waals surface area contributed by atoms with Gasteiger partial charge in [0.15, 0.2) is 5.82 Å². The van der Waals surface area contributed by atoms with Gasteiger partial charge in [-0.3, -0.25) is 4.98 Å². The first-order valence-electron chi connectivity index (χ1n) is 6.08. The average molecular weight is 376 g/mol. The molecular weight excluding hydrogens is 363 g/mol. The second kappa shape index (κ2) is 7.11. The first-order chi connectivity index (χ1) is 9.61. The Kier molecular flexibility index (Phi) is 5.46. The summed E-state index contributed by atoms with van der Waals surface area (Å²) in [7, 11) is 0. The summed E-state index contributed by atoms with van der Waals surface area (Å²) in [4.78, 5) is 8.53. The Bertz CT molecular complexity index is 607. The van der Waals surface area contributed by atoms with Crippen molar-refractivity contribution in [1.82, 2.24) is 9.97 Å². The molecule has 0 aliphatic carbocycles. The Balaban J connectivity index is 2.20. The van der Waals surface area contributed by atoms with E-state index in [-0.39, 0.29) is 0 Å². The van der Waals surface area contributed by atoms with E-state index < -0.39 is 0 Å². The van der Waals surface area contributed by atoms with Crippen molar-refractivity contribution in [3.05, 3.63) is 39.0 Å². The summed E-state index contributed by atoms with van der Waals surface area (Å²) in [6.45, 7) is 2.94. The molecule has 4 nitrogen and oxygen atoms in total. The third-order valence-corrected chi connectivity index (χ3v) is 4.26. The van der Waals surface area contributed by atoms with Crippen molar-refractivity contribution in [2.24, 2.45) is 0 Å². The standard InChI is InChI=1S/C13H13BrCl2N4/c1-2-5-18-10-6-17-7-11(20-10)19-9-4-3-8(14)12(15)13(9)16/h3-4,6-7H,2,5H2,1H3,(H2,18,19,20). The molecule has 0 saturated heterocycles. The molecule has 20 heavy (non-hydrogen) atoms. The zero-order valence-corrected chi connectivity index (χ0v) is 13.8. The quantitative estimate of drug-likeness (QED) is 0.712. The van der Waals surface area contributed by atoms with E-state index in [0.717, 1.165) is 23.3 Å². The summed E-state index contributed by atoms with van der Waals surface area (Å²) >= 11 is 15.6. The van der Waals surface area contributed by atoms with Crippen molar-refractivity contribution in [2.45, 2.75) is 13.3 Å². The van der Waals surface area contributed by atoms with E-state index in [1.807, 2.05) is 12.1 Å². The molecule has 0 spiro atoms. The lowest BCUT2D eigenvalue weighted by atomic mass is 10.3. The highest BCUT2D eigenvalue weighted by Crippen LogP contribution is 2.36. The van der Waals surface area contributed by atoms with E-state index >= 15 is 0 Å². The molecule has 0 unspecified atom stereocenters. The summed E-state index contributed by atoms with van der Waals surface area (Å²) in [5.41, 5.74) is 0.682. The smallest absolute Gasteiger partial charge is 0.151 e. The van der Waals surface area contributed by atoms with Crippen LogP contribution in [-0.4, -0.2) is 16.5 Å². The van der Waals surface area contributed by atoms with Gasteiger partial charge in [0, 0.05) is 11.0 Å². The number of benzene rings is 1. The SMILES string of the molecule is CCCNc1cncc(Nc2ccc(Br)c(Cl)c2Cl)n1. The molecule has 0 radical (unpaired) electrons. The predicted octanol–water partition coefficient (Wildman–Crippen LogP) is 5.11. The van der Waals surface area contributed by atoms with Gasteiger partial charge in [0.2, 0.25) is 0 Å².